The van der Waals surface area contributed by atoms with Crippen LogP contribution in [0.3, 0.4) is 0 Å². The van der Waals surface area contributed by atoms with Crippen molar-refractivity contribution in [2.75, 3.05) is 19.8 Å². The first kappa shape index (κ1) is 28.9. The molecule has 0 bridgehead atoms. The van der Waals surface area contributed by atoms with Crippen molar-refractivity contribution in [2.24, 2.45) is 5.92 Å². The lowest BCUT2D eigenvalue weighted by Gasteiger charge is -2.20. The summed E-state index contributed by atoms with van der Waals surface area (Å²) in [5, 5.41) is 8.00. The van der Waals surface area contributed by atoms with Gasteiger partial charge in [-0.25, -0.2) is 4.98 Å². The molecular weight excluding hydrogens is 484 g/mol. The van der Waals surface area contributed by atoms with Crippen LogP contribution in [0.4, 0.5) is 0 Å². The zero-order valence-electron chi connectivity index (χ0n) is 22.9. The summed E-state index contributed by atoms with van der Waals surface area (Å²) in [6, 6.07) is 9.66. The van der Waals surface area contributed by atoms with E-state index in [1.165, 1.54) is 4.88 Å². The minimum absolute atomic E-state index is 0.157. The van der Waals surface area contributed by atoms with Crippen LogP contribution in [0.5, 0.6) is 0 Å². The van der Waals surface area contributed by atoms with Gasteiger partial charge in [-0.1, -0.05) is 33.8 Å². The molecular formula is C29H42N4O3S. The molecule has 0 aliphatic carbocycles. The summed E-state index contributed by atoms with van der Waals surface area (Å²) in [5.41, 5.74) is 2.37. The third-order valence-electron chi connectivity index (χ3n) is 6.54. The summed E-state index contributed by atoms with van der Waals surface area (Å²) in [4.78, 5) is 32.3. The number of rotatable bonds is 15. The highest BCUT2D eigenvalue weighted by molar-refractivity contribution is 7.09. The minimum atomic E-state index is -0.591. The van der Waals surface area contributed by atoms with Crippen LogP contribution in [0.25, 0.3) is 11.0 Å². The molecule has 202 valence electrons. The van der Waals surface area contributed by atoms with Crippen molar-refractivity contribution in [3.05, 3.63) is 52.0 Å². The van der Waals surface area contributed by atoms with E-state index in [9.17, 15) is 9.59 Å². The number of fused-ring (bicyclic) bond motifs is 1. The van der Waals surface area contributed by atoms with E-state index in [-0.39, 0.29) is 17.7 Å². The molecule has 7 nitrogen and oxygen atoms in total. The molecule has 1 aromatic carbocycles. The fourth-order valence-corrected chi connectivity index (χ4v) is 5.34. The van der Waals surface area contributed by atoms with Gasteiger partial charge in [0.25, 0.3) is 5.91 Å². The van der Waals surface area contributed by atoms with Crippen molar-refractivity contribution in [1.29, 1.82) is 0 Å². The summed E-state index contributed by atoms with van der Waals surface area (Å²) in [6.45, 7) is 12.2. The summed E-state index contributed by atoms with van der Waals surface area (Å²) < 4.78 is 7.68. The number of thiophene rings is 1. The van der Waals surface area contributed by atoms with Crippen molar-refractivity contribution >= 4 is 34.2 Å². The van der Waals surface area contributed by atoms with E-state index < -0.39 is 6.04 Å². The number of imidazole rings is 1. The molecule has 0 radical (unpaired) electrons. The lowest BCUT2D eigenvalue weighted by molar-refractivity contribution is -0.123. The molecule has 37 heavy (non-hydrogen) atoms. The van der Waals surface area contributed by atoms with Gasteiger partial charge in [-0.05, 0) is 68.2 Å². The van der Waals surface area contributed by atoms with Crippen LogP contribution in [-0.4, -0.2) is 47.2 Å². The lowest BCUT2D eigenvalue weighted by atomic mass is 10.0. The minimum Gasteiger partial charge on any atom is -0.382 e. The fourth-order valence-electron chi connectivity index (χ4n) is 4.64. The number of benzene rings is 1. The van der Waals surface area contributed by atoms with E-state index in [2.05, 4.69) is 46.6 Å². The molecule has 2 amide bonds. The van der Waals surface area contributed by atoms with E-state index in [4.69, 9.17) is 9.72 Å². The molecule has 0 aliphatic heterocycles. The molecule has 2 N–H and O–H groups in total. The average Bonchev–Trinajstić information content (AvgIpc) is 3.51. The van der Waals surface area contributed by atoms with Gasteiger partial charge in [-0.15, -0.1) is 11.3 Å². The lowest BCUT2D eigenvalue weighted by Crippen LogP contribution is -2.47. The number of nitrogens with one attached hydrogen (secondary N) is 2. The van der Waals surface area contributed by atoms with Gasteiger partial charge in [0.2, 0.25) is 5.91 Å². The molecule has 0 saturated carbocycles. The summed E-state index contributed by atoms with van der Waals surface area (Å²) >= 11 is 1.73. The number of amides is 2. The highest BCUT2D eigenvalue weighted by atomic mass is 32.1. The fraction of sp³-hybridized carbons (Fsp3) is 0.552. The number of aromatic nitrogens is 2. The standard InChI is InChI=1S/C29H42N4O3S/c1-6-22(7-2)33-26-13-12-21(18-24(26)31-27(33)19-23-11-9-16-37-23)28(34)32-25(17-20(4)5)29(35)30-14-10-15-36-8-3/h9,11-13,16,18,20,22,25H,6-8,10,14-15,17,19H2,1-5H3,(H,30,35)(H,32,34)/t25-/m0/s1. The first-order valence-corrected chi connectivity index (χ1v) is 14.4. The van der Waals surface area contributed by atoms with Crippen LogP contribution in [0, 0.1) is 5.92 Å². The number of carbonyl (C=O) groups is 2. The Morgan fingerprint density at radius 2 is 1.92 bits per heavy atom. The Hall–Kier alpha value is -2.71. The van der Waals surface area contributed by atoms with Crippen LogP contribution in [0.2, 0.25) is 0 Å². The second-order valence-electron chi connectivity index (χ2n) is 9.83. The maximum absolute atomic E-state index is 13.3. The highest BCUT2D eigenvalue weighted by Gasteiger charge is 2.24. The number of hydrogen-bond acceptors (Lipinski definition) is 5. The summed E-state index contributed by atoms with van der Waals surface area (Å²) in [5.74, 6) is 0.870. The Morgan fingerprint density at radius 3 is 2.57 bits per heavy atom. The predicted molar refractivity (Wildman–Crippen MR) is 151 cm³/mol. The maximum Gasteiger partial charge on any atom is 0.252 e. The van der Waals surface area contributed by atoms with Gasteiger partial charge in [-0.3, -0.25) is 9.59 Å². The number of hydrogen-bond donors (Lipinski definition) is 2. The van der Waals surface area contributed by atoms with Gasteiger partial charge >= 0.3 is 0 Å². The van der Waals surface area contributed by atoms with Crippen LogP contribution < -0.4 is 10.6 Å². The van der Waals surface area contributed by atoms with E-state index in [1.54, 1.807) is 11.3 Å². The van der Waals surface area contributed by atoms with E-state index >= 15 is 0 Å². The van der Waals surface area contributed by atoms with Gasteiger partial charge in [0.1, 0.15) is 11.9 Å². The summed E-state index contributed by atoms with van der Waals surface area (Å²) in [6.07, 6.45) is 4.10. The average molecular weight is 527 g/mol. The Bertz CT molecular complexity index is 1140. The van der Waals surface area contributed by atoms with Crippen LogP contribution in [-0.2, 0) is 16.0 Å². The summed E-state index contributed by atoms with van der Waals surface area (Å²) in [7, 11) is 0. The van der Waals surface area contributed by atoms with Gasteiger partial charge in [0.05, 0.1) is 11.0 Å². The second-order valence-corrected chi connectivity index (χ2v) is 10.9. The Labute approximate surface area is 225 Å². The molecule has 8 heteroatoms. The molecule has 0 saturated heterocycles. The van der Waals surface area contributed by atoms with Gasteiger partial charge in [0.15, 0.2) is 0 Å². The number of carbonyl (C=O) groups excluding carboxylic acids is 2. The zero-order chi connectivity index (χ0) is 26.8. The molecule has 3 rings (SSSR count). The van der Waals surface area contributed by atoms with E-state index in [1.807, 2.05) is 39.0 Å². The molecule has 3 aromatic rings. The van der Waals surface area contributed by atoms with Gasteiger partial charge in [-0.2, -0.15) is 0 Å². The zero-order valence-corrected chi connectivity index (χ0v) is 23.7. The van der Waals surface area contributed by atoms with E-state index in [0.717, 1.165) is 42.5 Å². The molecule has 0 unspecified atom stereocenters. The van der Waals surface area contributed by atoms with Crippen molar-refractivity contribution in [1.82, 2.24) is 20.2 Å². The topological polar surface area (TPSA) is 85.2 Å². The normalized spacial score (nSPS) is 12.4. The van der Waals surface area contributed by atoms with Crippen LogP contribution in [0.15, 0.2) is 35.7 Å². The number of ether oxygens (including phenoxy) is 1. The molecule has 1 atom stereocenters. The third kappa shape index (κ3) is 7.89. The van der Waals surface area contributed by atoms with E-state index in [0.29, 0.717) is 37.8 Å². The highest BCUT2D eigenvalue weighted by Crippen LogP contribution is 2.28. The first-order valence-electron chi connectivity index (χ1n) is 13.6. The third-order valence-corrected chi connectivity index (χ3v) is 7.42. The van der Waals surface area contributed by atoms with Crippen molar-refractivity contribution in [2.45, 2.75) is 78.8 Å². The van der Waals surface area contributed by atoms with Gasteiger partial charge in [0, 0.05) is 42.7 Å². The molecule has 0 aliphatic rings. The second kappa shape index (κ2) is 14.3. The largest absolute Gasteiger partial charge is 0.382 e. The maximum atomic E-state index is 13.3. The molecule has 0 spiro atoms. The molecule has 0 fully saturated rings. The Kier molecular flexibility index (Phi) is 11.1. The van der Waals surface area contributed by atoms with Crippen LogP contribution >= 0.6 is 11.3 Å². The van der Waals surface area contributed by atoms with Crippen molar-refractivity contribution in [3.8, 4) is 0 Å². The van der Waals surface area contributed by atoms with Crippen LogP contribution in [0.1, 0.15) is 87.4 Å². The van der Waals surface area contributed by atoms with Crippen molar-refractivity contribution < 1.29 is 14.3 Å². The monoisotopic (exact) mass is 526 g/mol. The molecule has 2 aromatic heterocycles. The SMILES string of the molecule is CCOCCCNC(=O)[C@H](CC(C)C)NC(=O)c1ccc2c(c1)nc(Cc1cccs1)n2C(CC)CC. The quantitative estimate of drug-likeness (QED) is 0.247. The molecule has 2 heterocycles. The van der Waals surface area contributed by atoms with Gasteiger partial charge < -0.3 is 19.9 Å². The predicted octanol–water partition coefficient (Wildman–Crippen LogP) is 5.74. The first-order chi connectivity index (χ1) is 17.9. The smallest absolute Gasteiger partial charge is 0.252 e. The Morgan fingerprint density at radius 1 is 1.14 bits per heavy atom. The van der Waals surface area contributed by atoms with Crippen molar-refractivity contribution in [3.63, 3.8) is 0 Å². The Balaban J connectivity index is 1.81. The number of nitrogens with zero attached hydrogens (tertiary/aromatic N) is 2.